The molecule has 25 heavy (non-hydrogen) atoms. The number of aromatic nitrogens is 3. The first kappa shape index (κ1) is 16.5. The minimum atomic E-state index is -3.40. The third-order valence-electron chi connectivity index (χ3n) is 5.07. The molecular formula is C17H23N5O2S. The predicted molar refractivity (Wildman–Crippen MR) is 95.0 cm³/mol. The third-order valence-corrected chi connectivity index (χ3v) is 6.96. The van der Waals surface area contributed by atoms with E-state index in [1.165, 1.54) is 6.20 Å². The molecule has 0 aliphatic carbocycles. The Labute approximate surface area is 148 Å². The van der Waals surface area contributed by atoms with Gasteiger partial charge in [0.1, 0.15) is 16.5 Å². The number of sulfonamides is 1. The van der Waals surface area contributed by atoms with Gasteiger partial charge < -0.3 is 9.88 Å². The molecule has 0 saturated carbocycles. The van der Waals surface area contributed by atoms with Gasteiger partial charge in [0.05, 0.1) is 0 Å². The molecule has 0 radical (unpaired) electrons. The SMILES string of the molecule is O=S(=O)(c1ccc(N2CCCC(c3ncc[nH]3)C2)nc1)N1CCCC1. The fraction of sp³-hybridized carbons (Fsp3) is 0.529. The monoisotopic (exact) mass is 361 g/mol. The predicted octanol–water partition coefficient (Wildman–Crippen LogP) is 1.97. The first-order valence-electron chi connectivity index (χ1n) is 8.85. The summed E-state index contributed by atoms with van der Waals surface area (Å²) in [5, 5.41) is 0. The maximum Gasteiger partial charge on any atom is 0.244 e. The number of nitrogens with one attached hydrogen (secondary N) is 1. The molecule has 2 aromatic heterocycles. The summed E-state index contributed by atoms with van der Waals surface area (Å²) in [6.45, 7) is 3.00. The van der Waals surface area contributed by atoms with Crippen LogP contribution in [0.4, 0.5) is 5.82 Å². The number of aromatic amines is 1. The van der Waals surface area contributed by atoms with Crippen molar-refractivity contribution in [2.24, 2.45) is 0 Å². The number of nitrogens with zero attached hydrogens (tertiary/aromatic N) is 4. The molecule has 4 heterocycles. The second-order valence-corrected chi connectivity index (χ2v) is 8.66. The molecule has 134 valence electrons. The van der Waals surface area contributed by atoms with E-state index in [2.05, 4.69) is 19.9 Å². The number of hydrogen-bond acceptors (Lipinski definition) is 5. The van der Waals surface area contributed by atoms with Crippen LogP contribution < -0.4 is 4.90 Å². The Morgan fingerprint density at radius 3 is 2.60 bits per heavy atom. The molecule has 2 aliphatic rings. The Bertz CT molecular complexity index is 798. The average Bonchev–Trinajstić information content (AvgIpc) is 3.36. The van der Waals surface area contributed by atoms with Crippen LogP contribution in [0.5, 0.6) is 0 Å². The first-order chi connectivity index (χ1) is 12.1. The van der Waals surface area contributed by atoms with E-state index >= 15 is 0 Å². The lowest BCUT2D eigenvalue weighted by Crippen LogP contribution is -2.35. The number of imidazole rings is 1. The summed E-state index contributed by atoms with van der Waals surface area (Å²) in [6.07, 6.45) is 9.18. The number of piperidine rings is 1. The van der Waals surface area contributed by atoms with Gasteiger partial charge in [-0.3, -0.25) is 0 Å². The lowest BCUT2D eigenvalue weighted by atomic mass is 9.97. The van der Waals surface area contributed by atoms with E-state index in [-0.39, 0.29) is 4.90 Å². The summed E-state index contributed by atoms with van der Waals surface area (Å²) in [5.74, 6) is 2.20. The van der Waals surface area contributed by atoms with Crippen LogP contribution in [-0.2, 0) is 10.0 Å². The van der Waals surface area contributed by atoms with Gasteiger partial charge in [0, 0.05) is 50.7 Å². The van der Waals surface area contributed by atoms with E-state index in [9.17, 15) is 8.42 Å². The number of rotatable bonds is 4. The van der Waals surface area contributed by atoms with Crippen molar-refractivity contribution >= 4 is 15.8 Å². The van der Waals surface area contributed by atoms with Crippen molar-refractivity contribution in [2.75, 3.05) is 31.1 Å². The van der Waals surface area contributed by atoms with Crippen LogP contribution in [0.1, 0.15) is 37.4 Å². The summed E-state index contributed by atoms with van der Waals surface area (Å²) in [6, 6.07) is 3.51. The summed E-state index contributed by atoms with van der Waals surface area (Å²) in [4.78, 5) is 14.5. The number of pyridine rings is 1. The molecule has 2 aliphatic heterocycles. The second-order valence-electron chi connectivity index (χ2n) is 6.72. The molecule has 0 bridgehead atoms. The molecule has 7 nitrogen and oxygen atoms in total. The minimum absolute atomic E-state index is 0.290. The first-order valence-corrected chi connectivity index (χ1v) is 10.3. The molecule has 2 fully saturated rings. The molecule has 8 heteroatoms. The largest absolute Gasteiger partial charge is 0.356 e. The molecule has 1 unspecified atom stereocenters. The fourth-order valence-corrected chi connectivity index (χ4v) is 5.16. The van der Waals surface area contributed by atoms with Crippen LogP contribution in [0.15, 0.2) is 35.6 Å². The Hall–Kier alpha value is -1.93. The van der Waals surface area contributed by atoms with Gasteiger partial charge >= 0.3 is 0 Å². The molecule has 2 saturated heterocycles. The molecule has 0 aromatic carbocycles. The van der Waals surface area contributed by atoms with Crippen molar-refractivity contribution in [3.8, 4) is 0 Å². The van der Waals surface area contributed by atoms with Crippen molar-refractivity contribution < 1.29 is 8.42 Å². The number of anilines is 1. The third kappa shape index (κ3) is 3.28. The van der Waals surface area contributed by atoms with Crippen LogP contribution in [0, 0.1) is 0 Å². The zero-order valence-corrected chi connectivity index (χ0v) is 15.0. The van der Waals surface area contributed by atoms with Gasteiger partial charge in [-0.15, -0.1) is 0 Å². The van der Waals surface area contributed by atoms with Crippen LogP contribution >= 0.6 is 0 Å². The average molecular weight is 361 g/mol. The van der Waals surface area contributed by atoms with Crippen LogP contribution in [0.3, 0.4) is 0 Å². The second kappa shape index (κ2) is 6.76. The van der Waals surface area contributed by atoms with Gasteiger partial charge in [0.2, 0.25) is 10.0 Å². The van der Waals surface area contributed by atoms with Crippen molar-refractivity contribution in [1.29, 1.82) is 0 Å². The smallest absolute Gasteiger partial charge is 0.244 e. The van der Waals surface area contributed by atoms with Gasteiger partial charge in [-0.05, 0) is 37.8 Å². The van der Waals surface area contributed by atoms with E-state index in [4.69, 9.17) is 0 Å². The summed E-state index contributed by atoms with van der Waals surface area (Å²) in [5.41, 5.74) is 0. The highest BCUT2D eigenvalue weighted by molar-refractivity contribution is 7.89. The Kier molecular flexibility index (Phi) is 4.47. The number of H-pyrrole nitrogens is 1. The van der Waals surface area contributed by atoms with Gasteiger partial charge in [0.25, 0.3) is 0 Å². The van der Waals surface area contributed by atoms with Gasteiger partial charge in [-0.2, -0.15) is 4.31 Å². The molecule has 0 amide bonds. The molecular weight excluding hydrogens is 338 g/mol. The highest BCUT2D eigenvalue weighted by atomic mass is 32.2. The highest BCUT2D eigenvalue weighted by Gasteiger charge is 2.28. The van der Waals surface area contributed by atoms with Gasteiger partial charge in [0.15, 0.2) is 0 Å². The molecule has 1 N–H and O–H groups in total. The Balaban J connectivity index is 1.50. The van der Waals surface area contributed by atoms with E-state index in [0.717, 1.165) is 50.4 Å². The summed E-state index contributed by atoms with van der Waals surface area (Å²) < 4.78 is 26.7. The highest BCUT2D eigenvalue weighted by Crippen LogP contribution is 2.28. The quantitative estimate of drug-likeness (QED) is 0.900. The van der Waals surface area contributed by atoms with E-state index in [1.54, 1.807) is 16.6 Å². The standard InChI is InChI=1S/C17H23N5O2S/c23-25(24,22-10-1-2-11-22)15-5-6-16(20-12-15)21-9-3-4-14(13-21)17-18-7-8-19-17/h5-8,12,14H,1-4,9-11,13H2,(H,18,19). The van der Waals surface area contributed by atoms with Gasteiger partial charge in [-0.25, -0.2) is 18.4 Å². The van der Waals surface area contributed by atoms with Crippen LogP contribution in [0.2, 0.25) is 0 Å². The Morgan fingerprint density at radius 1 is 1.08 bits per heavy atom. The summed E-state index contributed by atoms with van der Waals surface area (Å²) in [7, 11) is -3.40. The van der Waals surface area contributed by atoms with Crippen LogP contribution in [-0.4, -0.2) is 53.9 Å². The van der Waals surface area contributed by atoms with Crippen molar-refractivity contribution in [3.63, 3.8) is 0 Å². The maximum atomic E-state index is 12.6. The zero-order chi connectivity index (χ0) is 17.3. The Morgan fingerprint density at radius 2 is 1.92 bits per heavy atom. The topological polar surface area (TPSA) is 82.2 Å². The van der Waals surface area contributed by atoms with E-state index in [1.807, 2.05) is 12.3 Å². The normalized spacial score (nSPS) is 22.4. The van der Waals surface area contributed by atoms with Crippen molar-refractivity contribution in [1.82, 2.24) is 19.3 Å². The molecule has 4 rings (SSSR count). The molecule has 1 atom stereocenters. The summed E-state index contributed by atoms with van der Waals surface area (Å²) >= 11 is 0. The zero-order valence-electron chi connectivity index (χ0n) is 14.1. The maximum absolute atomic E-state index is 12.6. The minimum Gasteiger partial charge on any atom is -0.356 e. The fourth-order valence-electron chi connectivity index (χ4n) is 3.70. The molecule has 2 aromatic rings. The van der Waals surface area contributed by atoms with Crippen LogP contribution in [0.25, 0.3) is 0 Å². The molecule has 0 spiro atoms. The van der Waals surface area contributed by atoms with Gasteiger partial charge in [-0.1, -0.05) is 0 Å². The van der Waals surface area contributed by atoms with Crippen molar-refractivity contribution in [3.05, 3.63) is 36.5 Å². The van der Waals surface area contributed by atoms with Crippen molar-refractivity contribution in [2.45, 2.75) is 36.5 Å². The van der Waals surface area contributed by atoms with E-state index in [0.29, 0.717) is 19.0 Å². The number of hydrogen-bond donors (Lipinski definition) is 1. The van der Waals surface area contributed by atoms with E-state index < -0.39 is 10.0 Å². The lowest BCUT2D eigenvalue weighted by molar-refractivity contribution is 0.476. The lowest BCUT2D eigenvalue weighted by Gasteiger charge is -2.32.